The van der Waals surface area contributed by atoms with Crippen molar-refractivity contribution in [3.8, 4) is 5.75 Å². The average Bonchev–Trinajstić information content (AvgIpc) is 2.11. The van der Waals surface area contributed by atoms with Crippen LogP contribution < -0.4 is 4.74 Å². The molecule has 0 unspecified atom stereocenters. The highest BCUT2D eigenvalue weighted by Crippen LogP contribution is 2.44. The minimum atomic E-state index is -5.39. The Balaban J connectivity index is 3.54. The second kappa shape index (κ2) is 4.76. The summed E-state index contributed by atoms with van der Waals surface area (Å²) in [6.45, 7) is 0. The van der Waals surface area contributed by atoms with Crippen LogP contribution in [0.5, 0.6) is 5.75 Å². The van der Waals surface area contributed by atoms with E-state index >= 15 is 0 Å². The summed E-state index contributed by atoms with van der Waals surface area (Å²) < 4.78 is 76.6. The highest BCUT2D eigenvalue weighted by molar-refractivity contribution is 6.30. The van der Waals surface area contributed by atoms with Gasteiger partial charge in [0.15, 0.2) is 0 Å². The van der Waals surface area contributed by atoms with Crippen LogP contribution in [0.4, 0.5) is 32.0 Å². The first-order valence-corrected chi connectivity index (χ1v) is 4.60. The van der Waals surface area contributed by atoms with E-state index in [9.17, 15) is 36.5 Å². The highest BCUT2D eigenvalue weighted by atomic mass is 35.5. The minimum Gasteiger partial charge on any atom is -0.398 e. The molecular weight excluding hydrogens is 308 g/mol. The van der Waals surface area contributed by atoms with Crippen molar-refractivity contribution in [3.05, 3.63) is 32.8 Å². The van der Waals surface area contributed by atoms with E-state index in [1.165, 1.54) is 0 Å². The van der Waals surface area contributed by atoms with Gasteiger partial charge in [0.25, 0.3) is 0 Å². The van der Waals surface area contributed by atoms with Gasteiger partial charge in [-0.05, 0) is 6.07 Å². The van der Waals surface area contributed by atoms with Crippen LogP contribution in [0.15, 0.2) is 12.1 Å². The van der Waals surface area contributed by atoms with Gasteiger partial charge in [-0.15, -0.1) is 13.2 Å². The highest BCUT2D eigenvalue weighted by Gasteiger charge is 2.43. The number of hydrogen-bond acceptors (Lipinski definition) is 3. The predicted molar refractivity (Wildman–Crippen MR) is 49.8 cm³/mol. The van der Waals surface area contributed by atoms with E-state index in [1.54, 1.807) is 0 Å². The first kappa shape index (κ1) is 15.3. The van der Waals surface area contributed by atoms with E-state index in [-0.39, 0.29) is 12.1 Å². The lowest BCUT2D eigenvalue weighted by Gasteiger charge is -2.13. The molecule has 0 saturated heterocycles. The fraction of sp³-hybridized carbons (Fsp3) is 0.250. The second-order valence-electron chi connectivity index (χ2n) is 3.10. The number of nitro groups is 1. The fourth-order valence-corrected chi connectivity index (χ4v) is 1.39. The van der Waals surface area contributed by atoms with Crippen molar-refractivity contribution in [2.45, 2.75) is 12.5 Å². The number of halogens is 7. The summed E-state index contributed by atoms with van der Waals surface area (Å²) in [5.41, 5.74) is -3.78. The molecular formula is C8H2ClF6NO3. The van der Waals surface area contributed by atoms with Crippen molar-refractivity contribution in [2.24, 2.45) is 0 Å². The van der Waals surface area contributed by atoms with E-state index in [2.05, 4.69) is 4.74 Å². The van der Waals surface area contributed by atoms with Crippen LogP contribution in [0.2, 0.25) is 5.02 Å². The topological polar surface area (TPSA) is 52.4 Å². The van der Waals surface area contributed by atoms with Crippen molar-refractivity contribution >= 4 is 17.3 Å². The molecule has 0 aliphatic carbocycles. The molecule has 4 nitrogen and oxygen atoms in total. The van der Waals surface area contributed by atoms with Crippen LogP contribution in [0.1, 0.15) is 5.56 Å². The smallest absolute Gasteiger partial charge is 0.398 e. The zero-order valence-corrected chi connectivity index (χ0v) is 9.23. The Labute approximate surface area is 105 Å². The number of hydrogen-bond donors (Lipinski definition) is 0. The maximum Gasteiger partial charge on any atom is 0.573 e. The average molecular weight is 310 g/mol. The van der Waals surface area contributed by atoms with E-state index in [4.69, 9.17) is 11.6 Å². The molecule has 0 heterocycles. The lowest BCUT2D eigenvalue weighted by molar-refractivity contribution is -0.391. The number of alkyl halides is 6. The Kier molecular flexibility index (Phi) is 3.84. The third-order valence-electron chi connectivity index (χ3n) is 1.75. The van der Waals surface area contributed by atoms with Gasteiger partial charge in [-0.1, -0.05) is 11.6 Å². The van der Waals surface area contributed by atoms with Crippen LogP contribution in [0.3, 0.4) is 0 Å². The van der Waals surface area contributed by atoms with Gasteiger partial charge in [-0.2, -0.15) is 13.2 Å². The van der Waals surface area contributed by atoms with Crippen molar-refractivity contribution in [3.63, 3.8) is 0 Å². The van der Waals surface area contributed by atoms with E-state index in [0.717, 1.165) is 0 Å². The number of nitro benzene ring substituents is 1. The summed E-state index contributed by atoms with van der Waals surface area (Å²) in [6, 6.07) is 0.422. The van der Waals surface area contributed by atoms with Crippen molar-refractivity contribution in [1.29, 1.82) is 0 Å². The first-order valence-electron chi connectivity index (χ1n) is 4.22. The molecule has 0 spiro atoms. The summed E-state index contributed by atoms with van der Waals surface area (Å²) in [5.74, 6) is -1.63. The SMILES string of the molecule is O=[N+]([O-])c1c(OC(F)(F)F)cc(Cl)cc1C(F)(F)F. The number of benzene rings is 1. The Morgan fingerprint density at radius 2 is 1.68 bits per heavy atom. The molecule has 0 fully saturated rings. The minimum absolute atomic E-state index is 0.142. The normalized spacial score (nSPS) is 12.4. The number of nitrogens with zero attached hydrogens (tertiary/aromatic N) is 1. The Morgan fingerprint density at radius 3 is 2.05 bits per heavy atom. The predicted octanol–water partition coefficient (Wildman–Crippen LogP) is 4.17. The molecule has 0 radical (unpaired) electrons. The molecule has 19 heavy (non-hydrogen) atoms. The third kappa shape index (κ3) is 3.88. The molecule has 11 heteroatoms. The zero-order chi connectivity index (χ0) is 15.0. The summed E-state index contributed by atoms with van der Waals surface area (Å²) in [4.78, 5) is 8.88. The molecule has 0 aliphatic rings. The Bertz CT molecular complexity index is 512. The number of ether oxygens (including phenoxy) is 1. The lowest BCUT2D eigenvalue weighted by Crippen LogP contribution is -2.19. The van der Waals surface area contributed by atoms with Crippen LogP contribution >= 0.6 is 11.6 Å². The molecule has 0 saturated carbocycles. The van der Waals surface area contributed by atoms with Gasteiger partial charge in [0.2, 0.25) is 5.75 Å². The second-order valence-corrected chi connectivity index (χ2v) is 3.54. The fourth-order valence-electron chi connectivity index (χ4n) is 1.18. The lowest BCUT2D eigenvalue weighted by atomic mass is 10.1. The van der Waals surface area contributed by atoms with E-state index < -0.39 is 39.5 Å². The summed E-state index contributed by atoms with van der Waals surface area (Å²) in [6.07, 6.45) is -10.6. The van der Waals surface area contributed by atoms with E-state index in [0.29, 0.717) is 0 Å². The van der Waals surface area contributed by atoms with Gasteiger partial charge in [0, 0.05) is 11.1 Å². The first-order chi connectivity index (χ1) is 8.42. The largest absolute Gasteiger partial charge is 0.573 e. The van der Waals surface area contributed by atoms with Crippen LogP contribution in [0, 0.1) is 10.1 Å². The Morgan fingerprint density at radius 1 is 1.16 bits per heavy atom. The van der Waals surface area contributed by atoms with Crippen LogP contribution in [0.25, 0.3) is 0 Å². The standard InChI is InChI=1S/C8H2ClF6NO3/c9-3-1-4(7(10,11)12)6(16(17)18)5(2-3)19-8(13,14)15/h1-2H. The molecule has 0 aliphatic heterocycles. The quantitative estimate of drug-likeness (QED) is 0.468. The molecule has 1 aromatic rings. The van der Waals surface area contributed by atoms with Crippen LogP contribution in [-0.4, -0.2) is 11.3 Å². The van der Waals surface area contributed by atoms with Crippen molar-refractivity contribution in [2.75, 3.05) is 0 Å². The molecule has 0 amide bonds. The molecule has 0 bridgehead atoms. The molecule has 0 atom stereocenters. The van der Waals surface area contributed by atoms with Gasteiger partial charge < -0.3 is 4.74 Å². The summed E-state index contributed by atoms with van der Waals surface area (Å²) in [7, 11) is 0. The number of rotatable bonds is 2. The van der Waals surface area contributed by atoms with E-state index in [1.807, 2.05) is 0 Å². The van der Waals surface area contributed by atoms with Crippen LogP contribution in [-0.2, 0) is 6.18 Å². The third-order valence-corrected chi connectivity index (χ3v) is 1.97. The zero-order valence-electron chi connectivity index (χ0n) is 8.47. The summed E-state index contributed by atoms with van der Waals surface area (Å²) >= 11 is 5.19. The molecule has 1 rings (SSSR count). The van der Waals surface area contributed by atoms with Gasteiger partial charge in [-0.3, -0.25) is 10.1 Å². The summed E-state index contributed by atoms with van der Waals surface area (Å²) in [5, 5.41) is 9.72. The van der Waals surface area contributed by atoms with Gasteiger partial charge in [0.1, 0.15) is 5.56 Å². The molecule has 106 valence electrons. The Hall–Kier alpha value is -1.71. The maximum atomic E-state index is 12.5. The monoisotopic (exact) mass is 309 g/mol. The molecule has 0 N–H and O–H groups in total. The van der Waals surface area contributed by atoms with Gasteiger partial charge >= 0.3 is 18.2 Å². The molecule has 1 aromatic carbocycles. The van der Waals surface area contributed by atoms with Crippen molar-refractivity contribution < 1.29 is 36.0 Å². The molecule has 0 aromatic heterocycles. The van der Waals surface area contributed by atoms with Gasteiger partial charge in [-0.25, -0.2) is 0 Å². The van der Waals surface area contributed by atoms with Gasteiger partial charge in [0.05, 0.1) is 4.92 Å². The maximum absolute atomic E-state index is 12.5. The van der Waals surface area contributed by atoms with Crippen molar-refractivity contribution in [1.82, 2.24) is 0 Å².